The summed E-state index contributed by atoms with van der Waals surface area (Å²) in [5.41, 5.74) is 1.88. The number of nitrogens with zero attached hydrogens (tertiary/aromatic N) is 2. The van der Waals surface area contributed by atoms with Gasteiger partial charge in [-0.15, -0.1) is 11.3 Å². The van der Waals surface area contributed by atoms with Gasteiger partial charge in [0.15, 0.2) is 5.82 Å². The Kier molecular flexibility index (Phi) is 4.95. The number of H-pyrrole nitrogens is 1. The minimum Gasteiger partial charge on any atom is -0.353 e. The summed E-state index contributed by atoms with van der Waals surface area (Å²) in [5, 5.41) is 13.3. The van der Waals surface area contributed by atoms with Crippen molar-refractivity contribution in [1.82, 2.24) is 15.5 Å². The van der Waals surface area contributed by atoms with Crippen molar-refractivity contribution in [1.29, 1.82) is 0 Å². The predicted molar refractivity (Wildman–Crippen MR) is 106 cm³/mol. The maximum Gasteiger partial charge on any atom is 0.224 e. The van der Waals surface area contributed by atoms with E-state index < -0.39 is 0 Å². The first kappa shape index (κ1) is 17.1. The van der Waals surface area contributed by atoms with Crippen molar-refractivity contribution in [3.63, 3.8) is 0 Å². The van der Waals surface area contributed by atoms with Gasteiger partial charge in [-0.1, -0.05) is 35.9 Å². The average Bonchev–Trinajstić information content (AvgIpc) is 3.37. The van der Waals surface area contributed by atoms with E-state index >= 15 is 0 Å². The second kappa shape index (κ2) is 7.51. The lowest BCUT2D eigenvalue weighted by atomic mass is 10.1. The van der Waals surface area contributed by atoms with Crippen molar-refractivity contribution >= 4 is 34.7 Å². The molecule has 1 saturated heterocycles. The Morgan fingerprint density at radius 1 is 1.35 bits per heavy atom. The summed E-state index contributed by atoms with van der Waals surface area (Å²) >= 11 is 7.82. The van der Waals surface area contributed by atoms with E-state index in [1.807, 2.05) is 30.3 Å². The highest BCUT2D eigenvalue weighted by Gasteiger charge is 2.25. The third-order valence-corrected chi connectivity index (χ3v) is 5.81. The Hall–Kier alpha value is -2.31. The van der Waals surface area contributed by atoms with Crippen LogP contribution >= 0.6 is 22.9 Å². The summed E-state index contributed by atoms with van der Waals surface area (Å²) in [4.78, 5) is 15.7. The molecule has 5 nitrogen and oxygen atoms in total. The maximum atomic E-state index is 12.3. The summed E-state index contributed by atoms with van der Waals surface area (Å²) in [6, 6.07) is 13.8. The number of aromatic amines is 1. The zero-order valence-corrected chi connectivity index (χ0v) is 15.7. The third kappa shape index (κ3) is 3.76. The van der Waals surface area contributed by atoms with Crippen molar-refractivity contribution in [2.45, 2.75) is 18.9 Å². The number of anilines is 1. The van der Waals surface area contributed by atoms with Crippen LogP contribution in [0, 0.1) is 0 Å². The number of halogens is 1. The zero-order valence-electron chi connectivity index (χ0n) is 14.1. The molecular weight excluding hydrogens is 368 g/mol. The van der Waals surface area contributed by atoms with Crippen molar-refractivity contribution in [2.75, 3.05) is 18.0 Å². The van der Waals surface area contributed by atoms with Crippen LogP contribution in [0.3, 0.4) is 0 Å². The molecule has 1 aliphatic heterocycles. The summed E-state index contributed by atoms with van der Waals surface area (Å²) in [6.45, 7) is 1.65. The fourth-order valence-corrected chi connectivity index (χ4v) is 4.11. The van der Waals surface area contributed by atoms with Crippen molar-refractivity contribution < 1.29 is 4.79 Å². The lowest BCUT2D eigenvalue weighted by Crippen LogP contribution is -2.38. The molecule has 0 spiro atoms. The van der Waals surface area contributed by atoms with Gasteiger partial charge in [0.1, 0.15) is 0 Å². The van der Waals surface area contributed by atoms with E-state index in [0.29, 0.717) is 11.4 Å². The first-order valence-electron chi connectivity index (χ1n) is 8.56. The average molecular weight is 387 g/mol. The Morgan fingerprint density at radius 3 is 3.04 bits per heavy atom. The van der Waals surface area contributed by atoms with E-state index in [2.05, 4.69) is 37.9 Å². The van der Waals surface area contributed by atoms with E-state index in [1.54, 1.807) is 11.3 Å². The Labute approximate surface area is 161 Å². The van der Waals surface area contributed by atoms with Crippen LogP contribution in [0.4, 0.5) is 5.82 Å². The number of benzene rings is 1. The number of aromatic nitrogens is 2. The van der Waals surface area contributed by atoms with E-state index in [-0.39, 0.29) is 11.9 Å². The van der Waals surface area contributed by atoms with Gasteiger partial charge in [0.25, 0.3) is 0 Å². The standard InChI is InChI=1S/C19H19ClN4OS/c20-15-5-2-1-4-13(15)10-19(25)21-14-7-8-24(12-14)18-11-16(22-23-18)17-6-3-9-26-17/h1-6,9,11,14H,7-8,10,12H2,(H,21,25)(H,22,23)/t14-/m1/s1. The second-order valence-electron chi connectivity index (χ2n) is 6.38. The monoisotopic (exact) mass is 386 g/mol. The summed E-state index contributed by atoms with van der Waals surface area (Å²) in [7, 11) is 0. The molecule has 1 atom stereocenters. The highest BCUT2D eigenvalue weighted by molar-refractivity contribution is 7.13. The van der Waals surface area contributed by atoms with Crippen LogP contribution in [0.2, 0.25) is 5.02 Å². The van der Waals surface area contributed by atoms with Gasteiger partial charge in [-0.25, -0.2) is 0 Å². The first-order chi connectivity index (χ1) is 12.7. The Bertz CT molecular complexity index is 893. The maximum absolute atomic E-state index is 12.3. The zero-order chi connectivity index (χ0) is 17.9. The molecule has 0 radical (unpaired) electrons. The normalized spacial score (nSPS) is 16.8. The fourth-order valence-electron chi connectivity index (χ4n) is 3.21. The molecule has 26 heavy (non-hydrogen) atoms. The molecular formula is C19H19ClN4OS. The number of rotatable bonds is 5. The van der Waals surface area contributed by atoms with Gasteiger partial charge >= 0.3 is 0 Å². The van der Waals surface area contributed by atoms with Gasteiger partial charge in [-0.3, -0.25) is 9.89 Å². The minimum absolute atomic E-state index is 0.00579. The number of hydrogen-bond acceptors (Lipinski definition) is 4. The van der Waals surface area contributed by atoms with Gasteiger partial charge < -0.3 is 10.2 Å². The lowest BCUT2D eigenvalue weighted by molar-refractivity contribution is -0.121. The first-order valence-corrected chi connectivity index (χ1v) is 9.82. The van der Waals surface area contributed by atoms with Gasteiger partial charge in [-0.05, 0) is 29.5 Å². The molecule has 0 unspecified atom stereocenters. The molecule has 7 heteroatoms. The SMILES string of the molecule is O=C(Cc1ccccc1Cl)N[C@@H]1CCN(c2cc(-c3cccs3)[nH]n2)C1. The molecule has 0 bridgehead atoms. The molecule has 0 aliphatic carbocycles. The third-order valence-electron chi connectivity index (χ3n) is 4.54. The van der Waals surface area contributed by atoms with Crippen LogP contribution in [0.1, 0.15) is 12.0 Å². The molecule has 1 fully saturated rings. The van der Waals surface area contributed by atoms with Crippen LogP contribution in [0.5, 0.6) is 0 Å². The number of carbonyl (C=O) groups excluding carboxylic acids is 1. The van der Waals surface area contributed by atoms with Gasteiger partial charge in [0.2, 0.25) is 5.91 Å². The van der Waals surface area contributed by atoms with E-state index in [0.717, 1.165) is 36.6 Å². The van der Waals surface area contributed by atoms with E-state index in [9.17, 15) is 4.79 Å². The molecule has 1 aromatic carbocycles. The largest absolute Gasteiger partial charge is 0.353 e. The number of hydrogen-bond donors (Lipinski definition) is 2. The minimum atomic E-state index is 0.00579. The molecule has 2 N–H and O–H groups in total. The van der Waals surface area contributed by atoms with Crippen molar-refractivity contribution in [3.8, 4) is 10.6 Å². The topological polar surface area (TPSA) is 61.0 Å². The van der Waals surface area contributed by atoms with Crippen LogP contribution < -0.4 is 10.2 Å². The van der Waals surface area contributed by atoms with E-state index in [4.69, 9.17) is 11.6 Å². The van der Waals surface area contributed by atoms with Gasteiger partial charge in [-0.2, -0.15) is 5.10 Å². The highest BCUT2D eigenvalue weighted by Crippen LogP contribution is 2.27. The van der Waals surface area contributed by atoms with Crippen LogP contribution in [0.15, 0.2) is 47.8 Å². The molecule has 1 amide bonds. The Morgan fingerprint density at radius 2 is 2.23 bits per heavy atom. The quantitative estimate of drug-likeness (QED) is 0.702. The highest BCUT2D eigenvalue weighted by atomic mass is 35.5. The van der Waals surface area contributed by atoms with Crippen LogP contribution in [0.25, 0.3) is 10.6 Å². The summed E-state index contributed by atoms with van der Waals surface area (Å²) in [6.07, 6.45) is 1.22. The lowest BCUT2D eigenvalue weighted by Gasteiger charge is -2.16. The molecule has 4 rings (SSSR count). The molecule has 0 saturated carbocycles. The summed E-state index contributed by atoms with van der Waals surface area (Å²) < 4.78 is 0. The number of thiophene rings is 1. The van der Waals surface area contributed by atoms with Crippen molar-refractivity contribution in [2.24, 2.45) is 0 Å². The van der Waals surface area contributed by atoms with Crippen molar-refractivity contribution in [3.05, 3.63) is 58.4 Å². The van der Waals surface area contributed by atoms with Gasteiger partial charge in [0, 0.05) is 30.2 Å². The fraction of sp³-hybridized carbons (Fsp3) is 0.263. The number of carbonyl (C=O) groups is 1. The van der Waals surface area contributed by atoms with Crippen LogP contribution in [-0.2, 0) is 11.2 Å². The molecule has 3 heterocycles. The number of amides is 1. The van der Waals surface area contributed by atoms with Crippen LogP contribution in [-0.4, -0.2) is 35.2 Å². The summed E-state index contributed by atoms with van der Waals surface area (Å²) in [5.74, 6) is 0.933. The molecule has 3 aromatic rings. The van der Waals surface area contributed by atoms with Gasteiger partial charge in [0.05, 0.1) is 17.0 Å². The van der Waals surface area contributed by atoms with E-state index in [1.165, 1.54) is 4.88 Å². The molecule has 1 aliphatic rings. The Balaban J connectivity index is 1.34. The predicted octanol–water partition coefficient (Wildman–Crippen LogP) is 3.73. The second-order valence-corrected chi connectivity index (χ2v) is 7.74. The molecule has 2 aromatic heterocycles. The molecule has 134 valence electrons. The number of nitrogens with one attached hydrogen (secondary N) is 2. The smallest absolute Gasteiger partial charge is 0.224 e.